The van der Waals surface area contributed by atoms with E-state index in [0.29, 0.717) is 11.5 Å². The Bertz CT molecular complexity index is 722. The Morgan fingerprint density at radius 3 is 3.05 bits per heavy atom. The molecule has 6 heteroatoms. The highest BCUT2D eigenvalue weighted by Crippen LogP contribution is 2.23. The first-order valence-corrected chi connectivity index (χ1v) is 6.36. The molecule has 0 atom stereocenters. The van der Waals surface area contributed by atoms with Crippen LogP contribution in [0.25, 0.3) is 11.2 Å². The predicted octanol–water partition coefficient (Wildman–Crippen LogP) is 3.31. The average molecular weight is 274 g/mol. The Labute approximate surface area is 115 Å². The van der Waals surface area contributed by atoms with Gasteiger partial charge in [-0.15, -0.1) is 0 Å². The second-order valence-corrected chi connectivity index (χ2v) is 4.46. The molecule has 2 heterocycles. The van der Waals surface area contributed by atoms with Crippen molar-refractivity contribution in [3.63, 3.8) is 0 Å². The minimum Gasteiger partial charge on any atom is -0.340 e. The molecule has 3 aromatic rings. The molecule has 0 aliphatic carbocycles. The van der Waals surface area contributed by atoms with Gasteiger partial charge in [-0.25, -0.2) is 4.98 Å². The van der Waals surface area contributed by atoms with E-state index in [0.717, 1.165) is 17.6 Å². The Hall–Kier alpha value is -2.14. The van der Waals surface area contributed by atoms with Crippen molar-refractivity contribution in [2.24, 2.45) is 0 Å². The molecule has 0 radical (unpaired) electrons. The van der Waals surface area contributed by atoms with Crippen molar-refractivity contribution in [3.8, 4) is 0 Å². The van der Waals surface area contributed by atoms with Gasteiger partial charge in [0.2, 0.25) is 5.28 Å². The summed E-state index contributed by atoms with van der Waals surface area (Å²) in [6.45, 7) is 2.12. The number of rotatable bonds is 3. The minimum absolute atomic E-state index is 0.175. The lowest BCUT2D eigenvalue weighted by Gasteiger charge is -2.07. The van der Waals surface area contributed by atoms with Gasteiger partial charge in [-0.3, -0.25) is 0 Å². The van der Waals surface area contributed by atoms with Crippen LogP contribution >= 0.6 is 11.6 Å². The number of benzene rings is 1. The fraction of sp³-hybridized carbons (Fsp3) is 0.154. The maximum Gasteiger partial charge on any atom is 0.226 e. The molecule has 0 spiro atoms. The summed E-state index contributed by atoms with van der Waals surface area (Å²) in [6.07, 6.45) is 2.56. The second-order valence-electron chi connectivity index (χ2n) is 4.12. The van der Waals surface area contributed by atoms with Crippen LogP contribution in [-0.4, -0.2) is 19.9 Å². The van der Waals surface area contributed by atoms with Crippen molar-refractivity contribution in [2.75, 3.05) is 5.32 Å². The summed E-state index contributed by atoms with van der Waals surface area (Å²) in [7, 11) is 0. The van der Waals surface area contributed by atoms with Crippen molar-refractivity contribution < 1.29 is 0 Å². The number of anilines is 2. The molecule has 0 saturated heterocycles. The molecule has 2 N–H and O–H groups in total. The van der Waals surface area contributed by atoms with Gasteiger partial charge in [-0.05, 0) is 35.7 Å². The topological polar surface area (TPSA) is 66.5 Å². The SMILES string of the molecule is CCc1cccc(Nc2nc(Cl)nc3nc[nH]c23)c1. The van der Waals surface area contributed by atoms with E-state index in [1.807, 2.05) is 12.1 Å². The highest BCUT2D eigenvalue weighted by molar-refractivity contribution is 6.28. The van der Waals surface area contributed by atoms with Gasteiger partial charge < -0.3 is 10.3 Å². The number of halogens is 1. The highest BCUT2D eigenvalue weighted by Gasteiger charge is 2.09. The van der Waals surface area contributed by atoms with Crippen molar-refractivity contribution in [1.29, 1.82) is 0 Å². The third-order valence-corrected chi connectivity index (χ3v) is 3.03. The largest absolute Gasteiger partial charge is 0.340 e. The zero-order valence-electron chi connectivity index (χ0n) is 10.3. The van der Waals surface area contributed by atoms with Crippen LogP contribution in [0.3, 0.4) is 0 Å². The van der Waals surface area contributed by atoms with Crippen molar-refractivity contribution in [1.82, 2.24) is 19.9 Å². The van der Waals surface area contributed by atoms with Crippen LogP contribution in [0.4, 0.5) is 11.5 Å². The standard InChI is InChI=1S/C13H12ClN5/c1-2-8-4-3-5-9(6-8)17-12-10-11(16-7-15-10)18-13(14)19-12/h3-7H,2H2,1H3,(H2,15,16,17,18,19). The zero-order valence-corrected chi connectivity index (χ0v) is 11.1. The van der Waals surface area contributed by atoms with Gasteiger partial charge in [0.25, 0.3) is 0 Å². The van der Waals surface area contributed by atoms with Crippen LogP contribution in [-0.2, 0) is 6.42 Å². The first-order valence-electron chi connectivity index (χ1n) is 5.99. The molecule has 0 unspecified atom stereocenters. The van der Waals surface area contributed by atoms with E-state index in [2.05, 4.69) is 44.3 Å². The molecule has 0 bridgehead atoms. The summed E-state index contributed by atoms with van der Waals surface area (Å²) in [5.74, 6) is 0.626. The fourth-order valence-electron chi connectivity index (χ4n) is 1.90. The number of H-pyrrole nitrogens is 1. The quantitative estimate of drug-likeness (QED) is 0.719. The van der Waals surface area contributed by atoms with Crippen LogP contribution in [0.2, 0.25) is 5.28 Å². The zero-order chi connectivity index (χ0) is 13.2. The van der Waals surface area contributed by atoms with Gasteiger partial charge in [0.05, 0.1) is 6.33 Å². The molecule has 1 aromatic carbocycles. The monoisotopic (exact) mass is 273 g/mol. The number of hydrogen-bond donors (Lipinski definition) is 2. The Kier molecular flexibility index (Phi) is 3.05. The molecule has 0 aliphatic rings. The Balaban J connectivity index is 2.02. The van der Waals surface area contributed by atoms with Crippen molar-refractivity contribution >= 4 is 34.3 Å². The number of aromatic amines is 1. The van der Waals surface area contributed by atoms with Crippen LogP contribution < -0.4 is 5.32 Å². The average Bonchev–Trinajstić information content (AvgIpc) is 2.87. The van der Waals surface area contributed by atoms with E-state index in [9.17, 15) is 0 Å². The molecular formula is C13H12ClN5. The number of hydrogen-bond acceptors (Lipinski definition) is 4. The number of aromatic nitrogens is 4. The summed E-state index contributed by atoms with van der Waals surface area (Å²) in [4.78, 5) is 15.3. The van der Waals surface area contributed by atoms with Gasteiger partial charge in [0.1, 0.15) is 5.52 Å². The summed E-state index contributed by atoms with van der Waals surface area (Å²) in [5.41, 5.74) is 3.51. The molecule has 0 saturated carbocycles. The highest BCUT2D eigenvalue weighted by atomic mass is 35.5. The molecule has 3 rings (SSSR count). The maximum absolute atomic E-state index is 5.89. The number of imidazole rings is 1. The number of aryl methyl sites for hydroxylation is 1. The second kappa shape index (κ2) is 4.85. The first-order chi connectivity index (χ1) is 9.26. The van der Waals surface area contributed by atoms with Crippen LogP contribution in [0, 0.1) is 0 Å². The molecular weight excluding hydrogens is 262 g/mol. The lowest BCUT2D eigenvalue weighted by Crippen LogP contribution is -1.97. The molecule has 0 fully saturated rings. The minimum atomic E-state index is 0.175. The summed E-state index contributed by atoms with van der Waals surface area (Å²) >= 11 is 5.89. The third-order valence-electron chi connectivity index (χ3n) is 2.86. The van der Waals surface area contributed by atoms with E-state index >= 15 is 0 Å². The van der Waals surface area contributed by atoms with Crippen LogP contribution in [0.5, 0.6) is 0 Å². The van der Waals surface area contributed by atoms with E-state index < -0.39 is 0 Å². The van der Waals surface area contributed by atoms with Crippen LogP contribution in [0.1, 0.15) is 12.5 Å². The van der Waals surface area contributed by atoms with Crippen molar-refractivity contribution in [3.05, 3.63) is 41.4 Å². The van der Waals surface area contributed by atoms with Gasteiger partial charge in [-0.2, -0.15) is 9.97 Å². The van der Waals surface area contributed by atoms with Gasteiger partial charge in [-0.1, -0.05) is 19.1 Å². The van der Waals surface area contributed by atoms with E-state index in [1.54, 1.807) is 6.33 Å². The first kappa shape index (κ1) is 11.9. The van der Waals surface area contributed by atoms with E-state index in [-0.39, 0.29) is 5.28 Å². The number of fused-ring (bicyclic) bond motifs is 1. The van der Waals surface area contributed by atoms with E-state index in [1.165, 1.54) is 5.56 Å². The molecule has 19 heavy (non-hydrogen) atoms. The smallest absolute Gasteiger partial charge is 0.226 e. The molecule has 0 amide bonds. The summed E-state index contributed by atoms with van der Waals surface area (Å²) < 4.78 is 0. The molecule has 2 aromatic heterocycles. The van der Waals surface area contributed by atoms with Crippen LogP contribution in [0.15, 0.2) is 30.6 Å². The summed E-state index contributed by atoms with van der Waals surface area (Å²) in [6, 6.07) is 8.16. The fourth-order valence-corrected chi connectivity index (χ4v) is 2.07. The van der Waals surface area contributed by atoms with Gasteiger partial charge in [0, 0.05) is 5.69 Å². The summed E-state index contributed by atoms with van der Waals surface area (Å²) in [5, 5.41) is 3.42. The lowest BCUT2D eigenvalue weighted by atomic mass is 10.1. The Morgan fingerprint density at radius 1 is 1.32 bits per heavy atom. The Morgan fingerprint density at radius 2 is 2.21 bits per heavy atom. The van der Waals surface area contributed by atoms with E-state index in [4.69, 9.17) is 11.6 Å². The third kappa shape index (κ3) is 2.37. The van der Waals surface area contributed by atoms with Gasteiger partial charge >= 0.3 is 0 Å². The molecule has 0 aliphatic heterocycles. The molecule has 96 valence electrons. The normalized spacial score (nSPS) is 10.8. The lowest BCUT2D eigenvalue weighted by molar-refractivity contribution is 1.14. The number of nitrogens with one attached hydrogen (secondary N) is 2. The van der Waals surface area contributed by atoms with Crippen molar-refractivity contribution in [2.45, 2.75) is 13.3 Å². The molecule has 5 nitrogen and oxygen atoms in total. The van der Waals surface area contributed by atoms with Gasteiger partial charge in [0.15, 0.2) is 11.5 Å². The number of nitrogens with zero attached hydrogens (tertiary/aromatic N) is 3. The maximum atomic E-state index is 5.89. The predicted molar refractivity (Wildman–Crippen MR) is 75.8 cm³/mol.